The summed E-state index contributed by atoms with van der Waals surface area (Å²) < 4.78 is 1.72. The molecule has 0 N–H and O–H groups in total. The van der Waals surface area contributed by atoms with Crippen molar-refractivity contribution < 1.29 is 0 Å². The summed E-state index contributed by atoms with van der Waals surface area (Å²) in [5.41, 5.74) is 1.63. The van der Waals surface area contributed by atoms with Crippen LogP contribution in [0.2, 0.25) is 5.15 Å². The number of hydrogen-bond acceptors (Lipinski definition) is 3. The minimum Gasteiger partial charge on any atom is -0.224 e. The van der Waals surface area contributed by atoms with Gasteiger partial charge in [-0.25, -0.2) is 14.6 Å². The van der Waals surface area contributed by atoms with Crippen molar-refractivity contribution in [2.75, 3.05) is 0 Å². The van der Waals surface area contributed by atoms with Crippen LogP contribution in [-0.4, -0.2) is 19.7 Å². The maximum atomic E-state index is 6.02. The van der Waals surface area contributed by atoms with Crippen LogP contribution in [0, 0.1) is 0 Å². The second-order valence-corrected chi connectivity index (χ2v) is 4.34. The molecule has 0 aliphatic carbocycles. The predicted octanol–water partition coefficient (Wildman–Crippen LogP) is 3.21. The summed E-state index contributed by atoms with van der Waals surface area (Å²) in [6, 6.07) is 7.87. The molecule has 6 heteroatoms. The van der Waals surface area contributed by atoms with E-state index in [0.29, 0.717) is 16.5 Å². The van der Waals surface area contributed by atoms with E-state index in [2.05, 4.69) is 15.1 Å². The van der Waals surface area contributed by atoms with Gasteiger partial charge in [0, 0.05) is 10.9 Å². The SMILES string of the molecule is ClCc1c(Cl)ncnc1-n1ncc2ccccc21. The van der Waals surface area contributed by atoms with E-state index in [-0.39, 0.29) is 5.88 Å². The van der Waals surface area contributed by atoms with Crippen LogP contribution < -0.4 is 0 Å². The Morgan fingerprint density at radius 3 is 2.83 bits per heavy atom. The standard InChI is InChI=1S/C12H8Cl2N4/c13-5-9-11(14)15-7-16-12(9)18-10-4-2-1-3-8(10)6-17-18/h1-4,6-7H,5H2. The van der Waals surface area contributed by atoms with E-state index in [1.165, 1.54) is 6.33 Å². The molecule has 18 heavy (non-hydrogen) atoms. The molecule has 2 aromatic heterocycles. The fraction of sp³-hybridized carbons (Fsp3) is 0.0833. The Kier molecular flexibility index (Phi) is 2.89. The van der Waals surface area contributed by atoms with Crippen LogP contribution in [0.5, 0.6) is 0 Å². The molecule has 0 saturated carbocycles. The highest BCUT2D eigenvalue weighted by molar-refractivity contribution is 6.31. The first-order valence-corrected chi connectivity index (χ1v) is 6.21. The van der Waals surface area contributed by atoms with Gasteiger partial charge in [0.05, 0.1) is 17.6 Å². The van der Waals surface area contributed by atoms with Crippen molar-refractivity contribution in [3.63, 3.8) is 0 Å². The molecule has 4 nitrogen and oxygen atoms in total. The number of alkyl halides is 1. The highest BCUT2D eigenvalue weighted by Crippen LogP contribution is 2.23. The summed E-state index contributed by atoms with van der Waals surface area (Å²) in [4.78, 5) is 8.15. The van der Waals surface area contributed by atoms with Gasteiger partial charge in [0.15, 0.2) is 5.82 Å². The molecule has 3 rings (SSSR count). The normalized spacial score (nSPS) is 11.0. The minimum atomic E-state index is 0.239. The van der Waals surface area contributed by atoms with Crippen molar-refractivity contribution in [2.45, 2.75) is 5.88 Å². The molecule has 2 heterocycles. The van der Waals surface area contributed by atoms with Crippen molar-refractivity contribution in [2.24, 2.45) is 0 Å². The molecule has 90 valence electrons. The van der Waals surface area contributed by atoms with Gasteiger partial charge in [-0.1, -0.05) is 29.8 Å². The third kappa shape index (κ3) is 1.74. The number of benzene rings is 1. The molecule has 0 radical (unpaired) electrons. The van der Waals surface area contributed by atoms with Gasteiger partial charge in [0.2, 0.25) is 0 Å². The van der Waals surface area contributed by atoms with Gasteiger partial charge < -0.3 is 0 Å². The maximum Gasteiger partial charge on any atom is 0.163 e. The van der Waals surface area contributed by atoms with Crippen molar-refractivity contribution in [3.05, 3.63) is 47.5 Å². The van der Waals surface area contributed by atoms with Crippen molar-refractivity contribution in [1.29, 1.82) is 0 Å². The molecule has 0 aliphatic rings. The van der Waals surface area contributed by atoms with E-state index >= 15 is 0 Å². The monoisotopic (exact) mass is 278 g/mol. The molecule has 3 aromatic rings. The van der Waals surface area contributed by atoms with E-state index in [9.17, 15) is 0 Å². The lowest BCUT2D eigenvalue weighted by atomic mass is 10.2. The fourth-order valence-electron chi connectivity index (χ4n) is 1.82. The molecule has 0 spiro atoms. The Balaban J connectivity index is 2.30. The molecule has 0 aliphatic heterocycles. The number of para-hydroxylation sites is 1. The minimum absolute atomic E-state index is 0.239. The smallest absolute Gasteiger partial charge is 0.163 e. The van der Waals surface area contributed by atoms with E-state index < -0.39 is 0 Å². The van der Waals surface area contributed by atoms with Gasteiger partial charge in [0.25, 0.3) is 0 Å². The van der Waals surface area contributed by atoms with Crippen LogP contribution in [0.3, 0.4) is 0 Å². The zero-order chi connectivity index (χ0) is 12.5. The zero-order valence-corrected chi connectivity index (χ0v) is 10.7. The van der Waals surface area contributed by atoms with E-state index in [1.807, 2.05) is 24.3 Å². The Hall–Kier alpha value is -1.65. The molecular weight excluding hydrogens is 271 g/mol. The molecule has 0 amide bonds. The molecule has 0 atom stereocenters. The van der Waals surface area contributed by atoms with E-state index in [0.717, 1.165) is 10.9 Å². The van der Waals surface area contributed by atoms with Crippen molar-refractivity contribution in [3.8, 4) is 5.82 Å². The van der Waals surface area contributed by atoms with Gasteiger partial charge in [-0.15, -0.1) is 11.6 Å². The molecule has 0 fully saturated rings. The van der Waals surface area contributed by atoms with Gasteiger partial charge in [-0.05, 0) is 6.07 Å². The molecule has 1 aromatic carbocycles. The summed E-state index contributed by atoms with van der Waals surface area (Å²) in [5, 5.41) is 5.72. The van der Waals surface area contributed by atoms with Crippen LogP contribution in [0.15, 0.2) is 36.8 Å². The summed E-state index contributed by atoms with van der Waals surface area (Å²) in [6.45, 7) is 0. The lowest BCUT2D eigenvalue weighted by Crippen LogP contribution is -2.04. The Bertz CT molecular complexity index is 708. The fourth-order valence-corrected chi connectivity index (χ4v) is 2.33. The third-order valence-electron chi connectivity index (χ3n) is 2.68. The van der Waals surface area contributed by atoms with Crippen LogP contribution in [0.25, 0.3) is 16.7 Å². The summed E-state index contributed by atoms with van der Waals surface area (Å²) >= 11 is 11.9. The summed E-state index contributed by atoms with van der Waals surface area (Å²) in [6.07, 6.45) is 3.19. The molecule has 0 bridgehead atoms. The van der Waals surface area contributed by atoms with Crippen LogP contribution in [0.1, 0.15) is 5.56 Å². The second-order valence-electron chi connectivity index (χ2n) is 3.72. The Morgan fingerprint density at radius 2 is 2.00 bits per heavy atom. The maximum absolute atomic E-state index is 6.02. The first-order chi connectivity index (χ1) is 8.81. The van der Waals surface area contributed by atoms with Gasteiger partial charge in [-0.3, -0.25) is 0 Å². The largest absolute Gasteiger partial charge is 0.224 e. The number of fused-ring (bicyclic) bond motifs is 1. The lowest BCUT2D eigenvalue weighted by Gasteiger charge is -2.07. The van der Waals surface area contributed by atoms with Crippen LogP contribution in [-0.2, 0) is 5.88 Å². The molecule has 0 unspecified atom stereocenters. The lowest BCUT2D eigenvalue weighted by molar-refractivity contribution is 0.852. The van der Waals surface area contributed by atoms with Crippen LogP contribution >= 0.6 is 23.2 Å². The first kappa shape index (κ1) is 11.4. The highest BCUT2D eigenvalue weighted by atomic mass is 35.5. The number of aromatic nitrogens is 4. The third-order valence-corrected chi connectivity index (χ3v) is 3.27. The molecular formula is C12H8Cl2N4. The Morgan fingerprint density at radius 1 is 1.17 bits per heavy atom. The average molecular weight is 279 g/mol. The van der Waals surface area contributed by atoms with Crippen molar-refractivity contribution >= 4 is 34.1 Å². The molecule has 0 saturated heterocycles. The number of halogens is 2. The quantitative estimate of drug-likeness (QED) is 0.534. The highest BCUT2D eigenvalue weighted by Gasteiger charge is 2.13. The summed E-state index contributed by atoms with van der Waals surface area (Å²) in [7, 11) is 0. The predicted molar refractivity (Wildman–Crippen MR) is 71.2 cm³/mol. The van der Waals surface area contributed by atoms with Crippen molar-refractivity contribution in [1.82, 2.24) is 19.7 Å². The average Bonchev–Trinajstić information content (AvgIpc) is 2.82. The zero-order valence-electron chi connectivity index (χ0n) is 9.22. The van der Waals surface area contributed by atoms with E-state index in [4.69, 9.17) is 23.2 Å². The first-order valence-electron chi connectivity index (χ1n) is 5.29. The summed E-state index contributed by atoms with van der Waals surface area (Å²) in [5.74, 6) is 0.856. The topological polar surface area (TPSA) is 43.6 Å². The number of hydrogen-bond donors (Lipinski definition) is 0. The van der Waals surface area contributed by atoms with Gasteiger partial charge >= 0.3 is 0 Å². The number of rotatable bonds is 2. The van der Waals surface area contributed by atoms with Gasteiger partial charge in [-0.2, -0.15) is 5.10 Å². The van der Waals surface area contributed by atoms with Crippen LogP contribution in [0.4, 0.5) is 0 Å². The second kappa shape index (κ2) is 4.55. The van der Waals surface area contributed by atoms with Gasteiger partial charge in [0.1, 0.15) is 11.5 Å². The number of nitrogens with zero attached hydrogens (tertiary/aromatic N) is 4. The van der Waals surface area contributed by atoms with E-state index in [1.54, 1.807) is 10.9 Å². The Labute approximate surface area is 113 Å².